The van der Waals surface area contributed by atoms with Crippen molar-refractivity contribution >= 4 is 11.7 Å². The van der Waals surface area contributed by atoms with Crippen molar-refractivity contribution < 1.29 is 4.79 Å². The quantitative estimate of drug-likeness (QED) is 0.898. The SMILES string of the molecule is CCn1nc(C)c(NC(=O)N[C@@H]2CCN(C)[C@H]2c2ccccc2)c1C. The third kappa shape index (κ3) is 3.54. The molecule has 0 radical (unpaired) electrons. The second kappa shape index (κ2) is 7.27. The van der Waals surface area contributed by atoms with E-state index in [2.05, 4.69) is 39.8 Å². The summed E-state index contributed by atoms with van der Waals surface area (Å²) in [4.78, 5) is 14.9. The molecule has 3 rings (SSSR count). The van der Waals surface area contributed by atoms with Gasteiger partial charge >= 0.3 is 6.03 Å². The third-order valence-corrected chi connectivity index (χ3v) is 5.03. The Hall–Kier alpha value is -2.34. The van der Waals surface area contributed by atoms with Crippen LogP contribution < -0.4 is 10.6 Å². The van der Waals surface area contributed by atoms with E-state index in [-0.39, 0.29) is 18.1 Å². The summed E-state index contributed by atoms with van der Waals surface area (Å²) in [5.74, 6) is 0. The number of rotatable bonds is 4. The number of urea groups is 1. The smallest absolute Gasteiger partial charge is 0.319 e. The van der Waals surface area contributed by atoms with Gasteiger partial charge in [-0.1, -0.05) is 30.3 Å². The summed E-state index contributed by atoms with van der Waals surface area (Å²) < 4.78 is 1.90. The molecule has 6 heteroatoms. The largest absolute Gasteiger partial charge is 0.333 e. The first-order valence-corrected chi connectivity index (χ1v) is 8.88. The maximum absolute atomic E-state index is 12.6. The molecule has 2 aromatic rings. The van der Waals surface area contributed by atoms with Gasteiger partial charge in [0.15, 0.2) is 0 Å². The predicted octanol–water partition coefficient (Wildman–Crippen LogP) is 3.09. The van der Waals surface area contributed by atoms with Gasteiger partial charge in [-0.3, -0.25) is 9.58 Å². The van der Waals surface area contributed by atoms with E-state index in [4.69, 9.17) is 0 Å². The van der Waals surface area contributed by atoms with Crippen LogP contribution in [0.15, 0.2) is 30.3 Å². The minimum atomic E-state index is -0.164. The molecule has 1 aliphatic rings. The average molecular weight is 341 g/mol. The van der Waals surface area contributed by atoms with Crippen molar-refractivity contribution in [3.63, 3.8) is 0 Å². The summed E-state index contributed by atoms with van der Waals surface area (Å²) in [6.45, 7) is 7.71. The number of carbonyl (C=O) groups excluding carboxylic acids is 1. The van der Waals surface area contributed by atoms with Crippen molar-refractivity contribution in [1.29, 1.82) is 0 Å². The second-order valence-corrected chi connectivity index (χ2v) is 6.69. The summed E-state index contributed by atoms with van der Waals surface area (Å²) >= 11 is 0. The van der Waals surface area contributed by atoms with Gasteiger partial charge < -0.3 is 10.6 Å². The van der Waals surface area contributed by atoms with Gasteiger partial charge in [0.05, 0.1) is 29.2 Å². The number of likely N-dealkylation sites (tertiary alicyclic amines) is 1. The Kier molecular flexibility index (Phi) is 5.08. The van der Waals surface area contributed by atoms with E-state index >= 15 is 0 Å². The molecule has 0 saturated carbocycles. The monoisotopic (exact) mass is 341 g/mol. The Morgan fingerprint density at radius 1 is 1.28 bits per heavy atom. The van der Waals surface area contributed by atoms with Crippen molar-refractivity contribution in [3.8, 4) is 0 Å². The molecule has 0 aliphatic carbocycles. The van der Waals surface area contributed by atoms with Crippen LogP contribution in [-0.4, -0.2) is 40.3 Å². The fraction of sp³-hybridized carbons (Fsp3) is 0.474. The first-order chi connectivity index (χ1) is 12.0. The van der Waals surface area contributed by atoms with Crippen molar-refractivity contribution in [2.24, 2.45) is 0 Å². The second-order valence-electron chi connectivity index (χ2n) is 6.69. The number of aromatic nitrogens is 2. The minimum Gasteiger partial charge on any atom is -0.333 e. The normalized spacial score (nSPS) is 20.6. The molecule has 25 heavy (non-hydrogen) atoms. The molecule has 0 unspecified atom stereocenters. The molecular weight excluding hydrogens is 314 g/mol. The average Bonchev–Trinajstić information content (AvgIpc) is 3.09. The number of hydrogen-bond donors (Lipinski definition) is 2. The zero-order valence-electron chi connectivity index (χ0n) is 15.4. The molecule has 0 bridgehead atoms. The van der Waals surface area contributed by atoms with E-state index in [1.165, 1.54) is 5.56 Å². The van der Waals surface area contributed by atoms with E-state index in [1.807, 2.05) is 43.7 Å². The fourth-order valence-electron chi connectivity index (χ4n) is 3.74. The predicted molar refractivity (Wildman–Crippen MR) is 99.7 cm³/mol. The highest BCUT2D eigenvalue weighted by atomic mass is 16.2. The van der Waals surface area contributed by atoms with Gasteiger partial charge in [-0.15, -0.1) is 0 Å². The summed E-state index contributed by atoms with van der Waals surface area (Å²) in [6, 6.07) is 10.5. The molecule has 2 atom stereocenters. The van der Waals surface area contributed by atoms with Crippen LogP contribution in [0.2, 0.25) is 0 Å². The summed E-state index contributed by atoms with van der Waals surface area (Å²) in [5.41, 5.74) is 3.87. The molecule has 2 amide bonds. The number of aryl methyl sites for hydroxylation is 2. The van der Waals surface area contributed by atoms with Gasteiger partial charge in [-0.05, 0) is 39.8 Å². The molecule has 1 aromatic carbocycles. The number of anilines is 1. The van der Waals surface area contributed by atoms with Gasteiger partial charge in [-0.2, -0.15) is 5.10 Å². The van der Waals surface area contributed by atoms with Crippen LogP contribution in [0.4, 0.5) is 10.5 Å². The number of likely N-dealkylation sites (N-methyl/N-ethyl adjacent to an activating group) is 1. The van der Waals surface area contributed by atoms with Gasteiger partial charge in [0.1, 0.15) is 0 Å². The topological polar surface area (TPSA) is 62.2 Å². The number of carbonyl (C=O) groups is 1. The van der Waals surface area contributed by atoms with E-state index in [0.717, 1.165) is 36.6 Å². The Bertz CT molecular complexity index is 740. The highest BCUT2D eigenvalue weighted by molar-refractivity contribution is 5.90. The van der Waals surface area contributed by atoms with Crippen LogP contribution in [0.25, 0.3) is 0 Å². The fourth-order valence-corrected chi connectivity index (χ4v) is 3.74. The van der Waals surface area contributed by atoms with Crippen molar-refractivity contribution in [2.75, 3.05) is 18.9 Å². The molecular formula is C19H27N5O. The van der Waals surface area contributed by atoms with Crippen LogP contribution in [0, 0.1) is 13.8 Å². The molecule has 6 nitrogen and oxygen atoms in total. The summed E-state index contributed by atoms with van der Waals surface area (Å²) in [7, 11) is 2.11. The lowest BCUT2D eigenvalue weighted by Gasteiger charge is -2.26. The van der Waals surface area contributed by atoms with E-state index in [1.54, 1.807) is 0 Å². The van der Waals surface area contributed by atoms with E-state index in [9.17, 15) is 4.79 Å². The van der Waals surface area contributed by atoms with E-state index in [0.29, 0.717) is 0 Å². The van der Waals surface area contributed by atoms with Crippen LogP contribution >= 0.6 is 0 Å². The molecule has 2 N–H and O–H groups in total. The highest BCUT2D eigenvalue weighted by Gasteiger charge is 2.34. The van der Waals surface area contributed by atoms with Crippen molar-refractivity contribution in [1.82, 2.24) is 20.0 Å². The number of amides is 2. The Balaban J connectivity index is 1.71. The van der Waals surface area contributed by atoms with Crippen molar-refractivity contribution in [3.05, 3.63) is 47.3 Å². The zero-order chi connectivity index (χ0) is 18.0. The Morgan fingerprint density at radius 3 is 2.64 bits per heavy atom. The molecule has 1 aliphatic heterocycles. The molecule has 1 fully saturated rings. The molecule has 0 spiro atoms. The van der Waals surface area contributed by atoms with Gasteiger partial charge in [0.25, 0.3) is 0 Å². The van der Waals surface area contributed by atoms with Gasteiger partial charge in [-0.25, -0.2) is 4.79 Å². The lowest BCUT2D eigenvalue weighted by atomic mass is 10.0. The number of benzene rings is 1. The zero-order valence-corrected chi connectivity index (χ0v) is 15.4. The lowest BCUT2D eigenvalue weighted by Crippen LogP contribution is -2.41. The Morgan fingerprint density at radius 2 is 2.00 bits per heavy atom. The van der Waals surface area contributed by atoms with Crippen molar-refractivity contribution in [2.45, 2.75) is 45.8 Å². The van der Waals surface area contributed by atoms with Gasteiger partial charge in [0, 0.05) is 13.1 Å². The first kappa shape index (κ1) is 17.5. The van der Waals surface area contributed by atoms with Gasteiger partial charge in [0.2, 0.25) is 0 Å². The standard InChI is InChI=1S/C19H27N5O/c1-5-24-14(3)17(13(2)22-24)21-19(25)20-16-11-12-23(4)18(16)15-9-7-6-8-10-15/h6-10,16,18H,5,11-12H2,1-4H3,(H2,20,21,25)/t16-,18+/m1/s1. The summed E-state index contributed by atoms with van der Waals surface area (Å²) in [5, 5.41) is 10.6. The van der Waals surface area contributed by atoms with Crippen LogP contribution in [0.3, 0.4) is 0 Å². The van der Waals surface area contributed by atoms with E-state index < -0.39 is 0 Å². The number of hydrogen-bond acceptors (Lipinski definition) is 3. The Labute approximate surface area is 149 Å². The van der Waals surface area contributed by atoms with Crippen LogP contribution in [-0.2, 0) is 6.54 Å². The highest BCUT2D eigenvalue weighted by Crippen LogP contribution is 2.31. The molecule has 2 heterocycles. The maximum Gasteiger partial charge on any atom is 0.319 e. The lowest BCUT2D eigenvalue weighted by molar-refractivity contribution is 0.240. The first-order valence-electron chi connectivity index (χ1n) is 8.88. The molecule has 1 aromatic heterocycles. The molecule has 1 saturated heterocycles. The van der Waals surface area contributed by atoms with Crippen LogP contribution in [0.5, 0.6) is 0 Å². The molecule has 134 valence electrons. The number of nitrogens with zero attached hydrogens (tertiary/aromatic N) is 3. The maximum atomic E-state index is 12.6. The third-order valence-electron chi connectivity index (χ3n) is 5.03. The number of nitrogens with one attached hydrogen (secondary N) is 2. The van der Waals surface area contributed by atoms with Crippen LogP contribution in [0.1, 0.15) is 36.3 Å². The minimum absolute atomic E-state index is 0.0919. The summed E-state index contributed by atoms with van der Waals surface area (Å²) in [6.07, 6.45) is 0.940.